The van der Waals surface area contributed by atoms with Crippen molar-refractivity contribution in [1.82, 2.24) is 20.0 Å². The third-order valence-corrected chi connectivity index (χ3v) is 8.82. The van der Waals surface area contributed by atoms with E-state index in [0.29, 0.717) is 31.5 Å². The van der Waals surface area contributed by atoms with Crippen molar-refractivity contribution in [2.45, 2.75) is 90.8 Å². The quantitative estimate of drug-likeness (QED) is 0.596. The number of hydrogen-bond acceptors (Lipinski definition) is 6. The van der Waals surface area contributed by atoms with E-state index >= 15 is 0 Å². The van der Waals surface area contributed by atoms with Gasteiger partial charge in [-0.1, -0.05) is 26.7 Å². The number of ketones is 2. The van der Waals surface area contributed by atoms with E-state index in [1.54, 1.807) is 9.58 Å². The van der Waals surface area contributed by atoms with E-state index < -0.39 is 6.04 Å². The highest BCUT2D eigenvalue weighted by atomic mass is 16.2. The second kappa shape index (κ2) is 10.2. The minimum absolute atomic E-state index is 0.0286. The van der Waals surface area contributed by atoms with Gasteiger partial charge in [0.1, 0.15) is 12.2 Å². The van der Waals surface area contributed by atoms with Crippen LogP contribution >= 0.6 is 0 Å². The Balaban J connectivity index is 1.57. The second-order valence-corrected chi connectivity index (χ2v) is 11.6. The number of carbonyl (C=O) groups excluding carboxylic acids is 4. The van der Waals surface area contributed by atoms with E-state index in [1.165, 1.54) is 6.92 Å². The fraction of sp³-hybridized carbons (Fsp3) is 0.621. The standard InChI is InChI=1S/C29H39N5O4/c1-5-23(36)22-13-29-14-24(29)34(22)26(38)15-33-28-19(9-7-6-8-17(2)10-25(37)31-16-29)11-20(30-4)12-21(28)27(32-33)18(3)35/h11-12,17,22,24,30H,5-10,13-16H2,1-4H3,(H,31,37)/t17-,22-,24+,29-/m0/s1. The Bertz CT molecular complexity index is 1300. The molecule has 1 aliphatic carbocycles. The first-order chi connectivity index (χ1) is 18.2. The molecule has 0 spiro atoms. The van der Waals surface area contributed by atoms with Crippen molar-refractivity contribution in [3.05, 3.63) is 23.4 Å². The molecule has 2 fully saturated rings. The third kappa shape index (κ3) is 4.71. The van der Waals surface area contributed by atoms with Gasteiger partial charge in [0.15, 0.2) is 11.6 Å². The highest BCUT2D eigenvalue weighted by Crippen LogP contribution is 2.59. The summed E-state index contributed by atoms with van der Waals surface area (Å²) < 4.78 is 1.68. The van der Waals surface area contributed by atoms with Gasteiger partial charge < -0.3 is 15.5 Å². The molecule has 0 radical (unpaired) electrons. The Morgan fingerprint density at radius 2 is 2.00 bits per heavy atom. The van der Waals surface area contributed by atoms with Gasteiger partial charge in [-0.25, -0.2) is 0 Å². The van der Waals surface area contributed by atoms with Crippen LogP contribution in [0, 0.1) is 11.3 Å². The van der Waals surface area contributed by atoms with Crippen molar-refractivity contribution < 1.29 is 19.2 Å². The summed E-state index contributed by atoms with van der Waals surface area (Å²) in [5.74, 6) is 0.0635. The Morgan fingerprint density at radius 1 is 1.21 bits per heavy atom. The lowest BCUT2D eigenvalue weighted by molar-refractivity contribution is -0.139. The molecule has 2 amide bonds. The van der Waals surface area contributed by atoms with Gasteiger partial charge in [0.2, 0.25) is 11.8 Å². The highest BCUT2D eigenvalue weighted by Gasteiger charge is 2.66. The molecule has 0 unspecified atom stereocenters. The number of piperidine rings is 1. The Morgan fingerprint density at radius 3 is 2.71 bits per heavy atom. The second-order valence-electron chi connectivity index (χ2n) is 11.6. The van der Waals surface area contributed by atoms with Crippen molar-refractivity contribution in [3.8, 4) is 0 Å². The lowest BCUT2D eigenvalue weighted by Gasteiger charge is -2.26. The molecule has 5 rings (SSSR count). The number of nitrogens with one attached hydrogen (secondary N) is 2. The topological polar surface area (TPSA) is 113 Å². The van der Waals surface area contributed by atoms with Crippen molar-refractivity contribution in [2.75, 3.05) is 18.9 Å². The summed E-state index contributed by atoms with van der Waals surface area (Å²) in [4.78, 5) is 53.9. The fourth-order valence-corrected chi connectivity index (χ4v) is 6.65. The zero-order valence-electron chi connectivity index (χ0n) is 22.9. The van der Waals surface area contributed by atoms with Gasteiger partial charge >= 0.3 is 0 Å². The van der Waals surface area contributed by atoms with Crippen molar-refractivity contribution in [2.24, 2.45) is 11.3 Å². The number of benzene rings is 1. The van der Waals surface area contributed by atoms with Crippen LogP contribution in [0.15, 0.2) is 12.1 Å². The smallest absolute Gasteiger partial charge is 0.245 e. The molecule has 38 heavy (non-hydrogen) atoms. The molecule has 9 heteroatoms. The van der Waals surface area contributed by atoms with Gasteiger partial charge in [-0.3, -0.25) is 23.9 Å². The Labute approximate surface area is 223 Å². The predicted molar refractivity (Wildman–Crippen MR) is 145 cm³/mol. The number of aryl methyl sites for hydroxylation is 1. The van der Waals surface area contributed by atoms with E-state index in [0.717, 1.165) is 54.3 Å². The number of Topliss-reactive ketones (excluding diaryl/α,β-unsaturated/α-hetero) is 2. The van der Waals surface area contributed by atoms with Crippen LogP contribution < -0.4 is 10.6 Å². The van der Waals surface area contributed by atoms with Gasteiger partial charge in [-0.05, 0) is 49.3 Å². The average Bonchev–Trinajstić information content (AvgIpc) is 3.30. The molecular formula is C29H39N5O4. The van der Waals surface area contributed by atoms with E-state index in [4.69, 9.17) is 0 Å². The largest absolute Gasteiger partial charge is 0.388 e. The summed E-state index contributed by atoms with van der Waals surface area (Å²) >= 11 is 0. The molecule has 2 aliphatic heterocycles. The minimum atomic E-state index is -0.481. The van der Waals surface area contributed by atoms with E-state index in [-0.39, 0.29) is 47.3 Å². The maximum Gasteiger partial charge on any atom is 0.245 e. The first-order valence-electron chi connectivity index (χ1n) is 14.0. The van der Waals surface area contributed by atoms with Crippen LogP contribution in [0.4, 0.5) is 5.69 Å². The van der Waals surface area contributed by atoms with Crippen LogP contribution in [-0.4, -0.2) is 63.7 Å². The predicted octanol–water partition coefficient (Wildman–Crippen LogP) is 3.49. The SMILES string of the molecule is CCC(=O)[C@@H]1C[C@]23CNC(=O)C[C@@H](C)CCCCc4cc(NC)cc5c(C(C)=O)nn(c45)CC(=O)N1[C@@H]2C3. The van der Waals surface area contributed by atoms with Crippen LogP contribution in [0.5, 0.6) is 0 Å². The summed E-state index contributed by atoms with van der Waals surface area (Å²) in [7, 11) is 1.85. The average molecular weight is 522 g/mol. The van der Waals surface area contributed by atoms with Crippen LogP contribution in [0.1, 0.15) is 81.8 Å². The molecule has 1 aromatic heterocycles. The maximum absolute atomic E-state index is 13.9. The zero-order valence-corrected chi connectivity index (χ0v) is 22.9. The van der Waals surface area contributed by atoms with Gasteiger partial charge in [0, 0.05) is 55.9 Å². The molecule has 3 aliphatic rings. The maximum atomic E-state index is 13.9. The molecule has 3 heterocycles. The summed E-state index contributed by atoms with van der Waals surface area (Å²) in [5, 5.41) is 11.7. The van der Waals surface area contributed by atoms with Crippen LogP contribution in [0.3, 0.4) is 0 Å². The zero-order chi connectivity index (χ0) is 27.2. The van der Waals surface area contributed by atoms with Crippen LogP contribution in [-0.2, 0) is 27.3 Å². The number of carbonyl (C=O) groups is 4. The van der Waals surface area contributed by atoms with Gasteiger partial charge in [0.05, 0.1) is 11.6 Å². The van der Waals surface area contributed by atoms with Gasteiger partial charge in [0.25, 0.3) is 0 Å². The molecular weight excluding hydrogens is 482 g/mol. The van der Waals surface area contributed by atoms with Crippen molar-refractivity contribution >= 4 is 40.0 Å². The number of nitrogens with zero attached hydrogens (tertiary/aromatic N) is 3. The Kier molecular flexibility index (Phi) is 7.05. The van der Waals surface area contributed by atoms with Crippen molar-refractivity contribution in [1.29, 1.82) is 0 Å². The number of amides is 2. The lowest BCUT2D eigenvalue weighted by Crippen LogP contribution is -2.44. The third-order valence-electron chi connectivity index (χ3n) is 8.82. The highest BCUT2D eigenvalue weighted by molar-refractivity contribution is 6.06. The summed E-state index contributed by atoms with van der Waals surface area (Å²) in [6.07, 6.45) is 5.84. The first kappa shape index (κ1) is 26.4. The summed E-state index contributed by atoms with van der Waals surface area (Å²) in [6.45, 7) is 5.92. The molecule has 2 N–H and O–H groups in total. The fourth-order valence-electron chi connectivity index (χ4n) is 6.65. The molecule has 1 aromatic carbocycles. The number of anilines is 1. The molecule has 204 valence electrons. The minimum Gasteiger partial charge on any atom is -0.388 e. The van der Waals surface area contributed by atoms with Gasteiger partial charge in [-0.15, -0.1) is 0 Å². The van der Waals surface area contributed by atoms with E-state index in [2.05, 4.69) is 28.7 Å². The van der Waals surface area contributed by atoms with Gasteiger partial charge in [-0.2, -0.15) is 5.10 Å². The summed E-state index contributed by atoms with van der Waals surface area (Å²) in [5.41, 5.74) is 2.88. The molecule has 1 saturated heterocycles. The molecule has 4 atom stereocenters. The van der Waals surface area contributed by atoms with E-state index in [1.807, 2.05) is 20.0 Å². The van der Waals surface area contributed by atoms with Crippen LogP contribution in [0.2, 0.25) is 0 Å². The lowest BCUT2D eigenvalue weighted by atomic mass is 9.95. The Hall–Kier alpha value is -3.23. The van der Waals surface area contributed by atoms with Crippen molar-refractivity contribution in [3.63, 3.8) is 0 Å². The number of rotatable bonds is 4. The number of aromatic nitrogens is 2. The molecule has 2 bridgehead atoms. The molecule has 2 aromatic rings. The van der Waals surface area contributed by atoms with Crippen LogP contribution in [0.25, 0.3) is 10.9 Å². The normalized spacial score (nSPS) is 28.0. The summed E-state index contributed by atoms with van der Waals surface area (Å²) in [6, 6.07) is 3.46. The molecule has 9 nitrogen and oxygen atoms in total. The molecule has 1 saturated carbocycles. The monoisotopic (exact) mass is 521 g/mol. The number of hydrogen-bond donors (Lipinski definition) is 2. The first-order valence-corrected chi connectivity index (χ1v) is 14.0. The van der Waals surface area contributed by atoms with E-state index in [9.17, 15) is 19.2 Å².